The van der Waals surface area contributed by atoms with E-state index < -0.39 is 0 Å². The smallest absolute Gasteiger partial charge is 0.226 e. The van der Waals surface area contributed by atoms with Crippen molar-refractivity contribution in [1.29, 1.82) is 0 Å². The summed E-state index contributed by atoms with van der Waals surface area (Å²) in [6, 6.07) is 5.38. The molecule has 1 unspecified atom stereocenters. The van der Waals surface area contributed by atoms with E-state index >= 15 is 0 Å². The van der Waals surface area contributed by atoms with Gasteiger partial charge in [0.1, 0.15) is 0 Å². The molecular formula is C14H17Cl2N3O. The first kappa shape index (κ1) is 15.3. The number of aromatic nitrogens is 2. The Balaban J connectivity index is 1.98. The van der Waals surface area contributed by atoms with E-state index in [4.69, 9.17) is 33.5 Å². The van der Waals surface area contributed by atoms with Gasteiger partial charge in [-0.2, -0.15) is 4.98 Å². The third-order valence-corrected chi connectivity index (χ3v) is 3.71. The third kappa shape index (κ3) is 4.20. The minimum absolute atomic E-state index is 0.455. The second-order valence-electron chi connectivity index (χ2n) is 4.90. The molecule has 4 nitrogen and oxygen atoms in total. The maximum absolute atomic E-state index is 6.12. The van der Waals surface area contributed by atoms with Gasteiger partial charge in [-0.1, -0.05) is 41.3 Å². The number of nitrogens with two attached hydrogens (primary N) is 1. The Kier molecular flexibility index (Phi) is 5.40. The molecule has 0 bridgehead atoms. The van der Waals surface area contributed by atoms with E-state index in [2.05, 4.69) is 17.1 Å². The van der Waals surface area contributed by atoms with Crippen molar-refractivity contribution in [3.8, 4) is 0 Å². The Morgan fingerprint density at radius 3 is 2.85 bits per heavy atom. The van der Waals surface area contributed by atoms with Crippen LogP contribution in [0.1, 0.15) is 30.6 Å². The van der Waals surface area contributed by atoms with Crippen LogP contribution in [0.2, 0.25) is 10.0 Å². The number of hydrogen-bond donors (Lipinski definition) is 1. The number of halogens is 2. The number of hydrogen-bond acceptors (Lipinski definition) is 4. The Morgan fingerprint density at radius 2 is 2.15 bits per heavy atom. The lowest BCUT2D eigenvalue weighted by atomic mass is 10.1. The van der Waals surface area contributed by atoms with Crippen molar-refractivity contribution in [2.75, 3.05) is 6.54 Å². The van der Waals surface area contributed by atoms with E-state index in [1.54, 1.807) is 12.1 Å². The van der Waals surface area contributed by atoms with E-state index in [9.17, 15) is 0 Å². The summed E-state index contributed by atoms with van der Waals surface area (Å²) in [6.45, 7) is 2.77. The molecule has 0 aliphatic carbocycles. The quantitative estimate of drug-likeness (QED) is 0.886. The van der Waals surface area contributed by atoms with E-state index in [0.717, 1.165) is 18.4 Å². The summed E-state index contributed by atoms with van der Waals surface area (Å²) < 4.78 is 5.22. The van der Waals surface area contributed by atoms with E-state index in [0.29, 0.717) is 40.6 Å². The van der Waals surface area contributed by atoms with Crippen molar-refractivity contribution in [2.24, 2.45) is 11.7 Å². The first-order chi connectivity index (χ1) is 9.58. The van der Waals surface area contributed by atoms with Crippen LogP contribution in [0.4, 0.5) is 0 Å². The summed E-state index contributed by atoms with van der Waals surface area (Å²) in [5.41, 5.74) is 6.51. The highest BCUT2D eigenvalue weighted by molar-refractivity contribution is 6.35. The molecule has 6 heteroatoms. The molecule has 20 heavy (non-hydrogen) atoms. The molecule has 0 amide bonds. The molecule has 2 N–H and O–H groups in total. The second-order valence-corrected chi connectivity index (χ2v) is 5.74. The molecule has 2 rings (SSSR count). The molecule has 0 aliphatic rings. The van der Waals surface area contributed by atoms with Crippen molar-refractivity contribution < 1.29 is 4.52 Å². The molecule has 0 radical (unpaired) electrons. The molecule has 0 aliphatic heterocycles. The van der Waals surface area contributed by atoms with Crippen molar-refractivity contribution in [2.45, 2.75) is 26.2 Å². The minimum atomic E-state index is 0.455. The summed E-state index contributed by atoms with van der Waals surface area (Å²) in [7, 11) is 0. The molecule has 0 spiro atoms. The van der Waals surface area contributed by atoms with Crippen LogP contribution in [0.5, 0.6) is 0 Å². The van der Waals surface area contributed by atoms with Gasteiger partial charge >= 0.3 is 0 Å². The monoisotopic (exact) mass is 313 g/mol. The van der Waals surface area contributed by atoms with Crippen molar-refractivity contribution in [3.63, 3.8) is 0 Å². The average molecular weight is 314 g/mol. The lowest BCUT2D eigenvalue weighted by Gasteiger charge is -2.04. The summed E-state index contributed by atoms with van der Waals surface area (Å²) >= 11 is 12.0. The van der Waals surface area contributed by atoms with Crippen molar-refractivity contribution in [3.05, 3.63) is 45.5 Å². The zero-order valence-electron chi connectivity index (χ0n) is 11.3. The molecule has 108 valence electrons. The largest absolute Gasteiger partial charge is 0.339 e. The van der Waals surface area contributed by atoms with Gasteiger partial charge in [0.25, 0.3) is 0 Å². The molecule has 1 aromatic heterocycles. The Labute approximate surface area is 128 Å². The first-order valence-electron chi connectivity index (χ1n) is 6.54. The summed E-state index contributed by atoms with van der Waals surface area (Å²) in [4.78, 5) is 4.37. The van der Waals surface area contributed by atoms with Crippen LogP contribution >= 0.6 is 23.2 Å². The number of nitrogens with zero attached hydrogens (tertiary/aromatic N) is 2. The Bertz CT molecular complexity index is 571. The molecular weight excluding hydrogens is 297 g/mol. The fraction of sp³-hybridized carbons (Fsp3) is 0.429. The normalized spacial score (nSPS) is 12.6. The van der Waals surface area contributed by atoms with Gasteiger partial charge < -0.3 is 10.3 Å². The third-order valence-electron chi connectivity index (χ3n) is 3.13. The average Bonchev–Trinajstić information content (AvgIpc) is 2.87. The second kappa shape index (κ2) is 7.07. The van der Waals surface area contributed by atoms with E-state index in [-0.39, 0.29) is 0 Å². The molecule has 1 aromatic carbocycles. The van der Waals surface area contributed by atoms with Crippen LogP contribution in [-0.4, -0.2) is 16.7 Å². The molecule has 0 fully saturated rings. The van der Waals surface area contributed by atoms with Gasteiger partial charge in [-0.25, -0.2) is 0 Å². The van der Waals surface area contributed by atoms with Crippen molar-refractivity contribution in [1.82, 2.24) is 10.1 Å². The number of benzene rings is 1. The standard InChI is InChI=1S/C14H17Cl2N3O/c1-9(8-17)2-5-14-18-13(19-20-14)6-10-3-4-11(15)7-12(10)16/h3-4,7,9H,2,5-6,8,17H2,1H3. The molecule has 0 saturated carbocycles. The van der Waals surface area contributed by atoms with Crippen LogP contribution < -0.4 is 5.73 Å². The SMILES string of the molecule is CC(CN)CCc1nc(Cc2ccc(Cl)cc2Cl)no1. The molecule has 1 heterocycles. The van der Waals surface area contributed by atoms with Gasteiger partial charge in [-0.3, -0.25) is 0 Å². The van der Waals surface area contributed by atoms with Gasteiger partial charge in [0.15, 0.2) is 5.82 Å². The zero-order valence-corrected chi connectivity index (χ0v) is 12.8. The zero-order chi connectivity index (χ0) is 14.5. The van der Waals surface area contributed by atoms with Crippen LogP contribution in [0.25, 0.3) is 0 Å². The Morgan fingerprint density at radius 1 is 1.35 bits per heavy atom. The Hall–Kier alpha value is -1.10. The highest BCUT2D eigenvalue weighted by Crippen LogP contribution is 2.22. The maximum atomic E-state index is 6.12. The molecule has 0 saturated heterocycles. The summed E-state index contributed by atoms with van der Waals surface area (Å²) in [6.07, 6.45) is 2.23. The van der Waals surface area contributed by atoms with Crippen LogP contribution in [0, 0.1) is 5.92 Å². The van der Waals surface area contributed by atoms with E-state index in [1.807, 2.05) is 6.07 Å². The predicted octanol–water partition coefficient (Wildman–Crippen LogP) is 3.49. The molecule has 2 aromatic rings. The fourth-order valence-corrected chi connectivity index (χ4v) is 2.26. The van der Waals surface area contributed by atoms with Gasteiger partial charge in [0.05, 0.1) is 0 Å². The maximum Gasteiger partial charge on any atom is 0.226 e. The molecule has 1 atom stereocenters. The van der Waals surface area contributed by atoms with Crippen LogP contribution in [-0.2, 0) is 12.8 Å². The van der Waals surface area contributed by atoms with Crippen LogP contribution in [0.3, 0.4) is 0 Å². The highest BCUT2D eigenvalue weighted by Gasteiger charge is 2.10. The van der Waals surface area contributed by atoms with Gasteiger partial charge in [0, 0.05) is 22.9 Å². The van der Waals surface area contributed by atoms with E-state index in [1.165, 1.54) is 0 Å². The van der Waals surface area contributed by atoms with Gasteiger partial charge in [0.2, 0.25) is 5.89 Å². The topological polar surface area (TPSA) is 64.9 Å². The van der Waals surface area contributed by atoms with Gasteiger partial charge in [-0.15, -0.1) is 0 Å². The van der Waals surface area contributed by atoms with Crippen LogP contribution in [0.15, 0.2) is 22.7 Å². The lowest BCUT2D eigenvalue weighted by molar-refractivity contribution is 0.362. The van der Waals surface area contributed by atoms with Crippen molar-refractivity contribution >= 4 is 23.2 Å². The van der Waals surface area contributed by atoms with Gasteiger partial charge in [-0.05, 0) is 36.6 Å². The highest BCUT2D eigenvalue weighted by atomic mass is 35.5. The fourth-order valence-electron chi connectivity index (χ4n) is 1.79. The number of rotatable bonds is 6. The summed E-state index contributed by atoms with van der Waals surface area (Å²) in [5.74, 6) is 1.73. The first-order valence-corrected chi connectivity index (χ1v) is 7.29. The lowest BCUT2D eigenvalue weighted by Crippen LogP contribution is -2.11. The predicted molar refractivity (Wildman–Crippen MR) is 80.1 cm³/mol. The minimum Gasteiger partial charge on any atom is -0.339 e. The summed E-state index contributed by atoms with van der Waals surface area (Å²) in [5, 5.41) is 5.20. The number of aryl methyl sites for hydroxylation is 1.